The van der Waals surface area contributed by atoms with Crippen molar-refractivity contribution < 1.29 is 0 Å². The van der Waals surface area contributed by atoms with Crippen molar-refractivity contribution in [2.24, 2.45) is 0 Å². The van der Waals surface area contributed by atoms with Crippen molar-refractivity contribution >= 4 is 43.7 Å². The summed E-state index contributed by atoms with van der Waals surface area (Å²) >= 11 is 0. The molecule has 5 aromatic carbocycles. The van der Waals surface area contributed by atoms with Crippen LogP contribution in [0.1, 0.15) is 0 Å². The summed E-state index contributed by atoms with van der Waals surface area (Å²) in [5, 5.41) is 3.55. The van der Waals surface area contributed by atoms with Crippen LogP contribution in [0.25, 0.3) is 66.5 Å². The largest absolute Gasteiger partial charge is 0.307 e. The maximum atomic E-state index is 5.14. The van der Waals surface area contributed by atoms with Crippen molar-refractivity contribution in [3.63, 3.8) is 0 Å². The van der Waals surface area contributed by atoms with Crippen LogP contribution in [0.3, 0.4) is 0 Å². The van der Waals surface area contributed by atoms with E-state index in [4.69, 9.17) is 9.97 Å². The first kappa shape index (κ1) is 20.9. The van der Waals surface area contributed by atoms with Crippen LogP contribution in [0.4, 0.5) is 0 Å². The van der Waals surface area contributed by atoms with Gasteiger partial charge in [-0.2, -0.15) is 0 Å². The number of hydrogen-bond donors (Lipinski definition) is 0. The minimum Gasteiger partial charge on any atom is -0.307 e. The third-order valence-electron chi connectivity index (χ3n) is 7.36. The molecular weight excluding hydrogens is 464 g/mol. The van der Waals surface area contributed by atoms with Gasteiger partial charge in [0.25, 0.3) is 0 Å². The van der Waals surface area contributed by atoms with E-state index in [-0.39, 0.29) is 0 Å². The van der Waals surface area contributed by atoms with Crippen molar-refractivity contribution in [3.8, 4) is 22.8 Å². The molecule has 0 aliphatic heterocycles. The highest BCUT2D eigenvalue weighted by Gasteiger charge is 2.22. The van der Waals surface area contributed by atoms with E-state index in [1.807, 2.05) is 24.4 Å². The number of fused-ring (bicyclic) bond motifs is 5. The van der Waals surface area contributed by atoms with Gasteiger partial charge >= 0.3 is 0 Å². The zero-order valence-corrected chi connectivity index (χ0v) is 20.5. The first-order valence-corrected chi connectivity index (χ1v) is 12.8. The standard InChI is InChI=1S/C34H22N4/c1-2-11-24(12-3-1)34-36-27-16-6-9-19-30(27)38(34)33-31(21-20-23-13-10-22-35-32(23)33)37-28-17-7-4-14-25(28)26-15-5-8-18-29(26)37/h1-22H. The highest BCUT2D eigenvalue weighted by Crippen LogP contribution is 2.39. The number of hydrogen-bond acceptors (Lipinski definition) is 2. The fourth-order valence-electron chi connectivity index (χ4n) is 5.74. The first-order chi connectivity index (χ1) is 18.9. The molecule has 0 N–H and O–H groups in total. The van der Waals surface area contributed by atoms with Crippen LogP contribution in [0.15, 0.2) is 134 Å². The number of benzene rings is 5. The van der Waals surface area contributed by atoms with Gasteiger partial charge in [-0.3, -0.25) is 9.55 Å². The highest BCUT2D eigenvalue weighted by atomic mass is 15.1. The molecule has 0 amide bonds. The Morgan fingerprint density at radius 1 is 0.500 bits per heavy atom. The summed E-state index contributed by atoms with van der Waals surface area (Å²) in [6.45, 7) is 0. The summed E-state index contributed by atoms with van der Waals surface area (Å²) in [4.78, 5) is 10.1. The Labute approximate surface area is 219 Å². The van der Waals surface area contributed by atoms with E-state index in [9.17, 15) is 0 Å². The second-order valence-electron chi connectivity index (χ2n) is 9.50. The second-order valence-corrected chi connectivity index (χ2v) is 9.50. The molecule has 0 saturated carbocycles. The molecule has 3 aromatic heterocycles. The maximum Gasteiger partial charge on any atom is 0.145 e. The Hall–Kier alpha value is -5.22. The third-order valence-corrected chi connectivity index (χ3v) is 7.36. The van der Waals surface area contributed by atoms with Crippen LogP contribution < -0.4 is 0 Å². The van der Waals surface area contributed by atoms with Gasteiger partial charge < -0.3 is 4.57 Å². The molecule has 4 heteroatoms. The second kappa shape index (κ2) is 8.15. The van der Waals surface area contributed by atoms with Gasteiger partial charge in [-0.25, -0.2) is 4.98 Å². The SMILES string of the molecule is c1ccc(-c2nc3ccccc3n2-c2c(-n3c4ccccc4c4ccccc43)ccc3cccnc23)cc1. The minimum absolute atomic E-state index is 0.895. The van der Waals surface area contributed by atoms with E-state index >= 15 is 0 Å². The smallest absolute Gasteiger partial charge is 0.145 e. The van der Waals surface area contributed by atoms with E-state index < -0.39 is 0 Å². The average molecular weight is 487 g/mol. The number of pyridine rings is 1. The summed E-state index contributed by atoms with van der Waals surface area (Å²) < 4.78 is 4.66. The van der Waals surface area contributed by atoms with Crippen LogP contribution >= 0.6 is 0 Å². The molecule has 0 aliphatic rings. The zero-order valence-electron chi connectivity index (χ0n) is 20.5. The molecule has 38 heavy (non-hydrogen) atoms. The normalized spacial score (nSPS) is 11.7. The monoisotopic (exact) mass is 486 g/mol. The molecule has 0 atom stereocenters. The predicted molar refractivity (Wildman–Crippen MR) is 156 cm³/mol. The van der Waals surface area contributed by atoms with Crippen molar-refractivity contribution in [2.75, 3.05) is 0 Å². The molecule has 178 valence electrons. The summed E-state index contributed by atoms with van der Waals surface area (Å²) in [5.41, 5.74) is 8.40. The predicted octanol–water partition coefficient (Wildman–Crippen LogP) is 8.34. The first-order valence-electron chi connectivity index (χ1n) is 12.8. The topological polar surface area (TPSA) is 35.6 Å². The minimum atomic E-state index is 0.895. The lowest BCUT2D eigenvalue weighted by molar-refractivity contribution is 1.06. The summed E-state index contributed by atoms with van der Waals surface area (Å²) in [6, 6.07) is 44.5. The molecule has 0 aliphatic carbocycles. The Kier molecular flexibility index (Phi) is 4.49. The fraction of sp³-hybridized carbons (Fsp3) is 0. The van der Waals surface area contributed by atoms with Gasteiger partial charge in [0, 0.05) is 27.9 Å². The van der Waals surface area contributed by atoms with E-state index in [2.05, 4.69) is 118 Å². The zero-order chi connectivity index (χ0) is 25.1. The Bertz CT molecular complexity index is 2080. The number of para-hydroxylation sites is 4. The Morgan fingerprint density at radius 2 is 1.16 bits per heavy atom. The summed E-state index contributed by atoms with van der Waals surface area (Å²) in [5.74, 6) is 0.895. The van der Waals surface area contributed by atoms with Crippen molar-refractivity contribution in [2.45, 2.75) is 0 Å². The Morgan fingerprint density at radius 3 is 1.92 bits per heavy atom. The van der Waals surface area contributed by atoms with E-state index in [0.717, 1.165) is 55.7 Å². The van der Waals surface area contributed by atoms with Crippen LogP contribution in [0.5, 0.6) is 0 Å². The van der Waals surface area contributed by atoms with Gasteiger partial charge in [-0.05, 0) is 36.4 Å². The van der Waals surface area contributed by atoms with Gasteiger partial charge in [0.15, 0.2) is 0 Å². The molecule has 3 heterocycles. The summed E-state index contributed by atoms with van der Waals surface area (Å²) in [6.07, 6.45) is 1.88. The number of aromatic nitrogens is 4. The van der Waals surface area contributed by atoms with E-state index in [0.29, 0.717) is 0 Å². The average Bonchev–Trinajstić information content (AvgIpc) is 3.53. The molecule has 8 rings (SSSR count). The van der Waals surface area contributed by atoms with Gasteiger partial charge in [-0.15, -0.1) is 0 Å². The van der Waals surface area contributed by atoms with Crippen LogP contribution in [-0.2, 0) is 0 Å². The lowest BCUT2D eigenvalue weighted by Gasteiger charge is -2.19. The van der Waals surface area contributed by atoms with E-state index in [1.54, 1.807) is 0 Å². The van der Waals surface area contributed by atoms with Crippen LogP contribution in [-0.4, -0.2) is 19.1 Å². The van der Waals surface area contributed by atoms with Gasteiger partial charge in [0.1, 0.15) is 5.82 Å². The lowest BCUT2D eigenvalue weighted by Crippen LogP contribution is -2.06. The molecule has 0 bridgehead atoms. The maximum absolute atomic E-state index is 5.14. The number of rotatable bonds is 3. The molecule has 0 fully saturated rings. The van der Waals surface area contributed by atoms with E-state index in [1.165, 1.54) is 10.8 Å². The van der Waals surface area contributed by atoms with Gasteiger partial charge in [0.05, 0.1) is 39.0 Å². The molecule has 4 nitrogen and oxygen atoms in total. The van der Waals surface area contributed by atoms with Crippen LogP contribution in [0, 0.1) is 0 Å². The van der Waals surface area contributed by atoms with Gasteiger partial charge in [-0.1, -0.05) is 91.0 Å². The Balaban J connectivity index is 1.59. The molecular formula is C34H22N4. The van der Waals surface area contributed by atoms with Crippen molar-refractivity contribution in [1.29, 1.82) is 0 Å². The highest BCUT2D eigenvalue weighted by molar-refractivity contribution is 6.10. The third kappa shape index (κ3) is 2.98. The number of imidazole rings is 1. The molecule has 0 saturated heterocycles. The fourth-order valence-corrected chi connectivity index (χ4v) is 5.74. The van der Waals surface area contributed by atoms with Gasteiger partial charge in [0.2, 0.25) is 0 Å². The quantitative estimate of drug-likeness (QED) is 0.252. The molecule has 0 radical (unpaired) electrons. The van der Waals surface area contributed by atoms with Crippen molar-refractivity contribution in [3.05, 3.63) is 134 Å². The van der Waals surface area contributed by atoms with Crippen molar-refractivity contribution in [1.82, 2.24) is 19.1 Å². The molecule has 0 unspecified atom stereocenters. The van der Waals surface area contributed by atoms with Crippen LogP contribution in [0.2, 0.25) is 0 Å². The molecule has 8 aromatic rings. The summed E-state index contributed by atoms with van der Waals surface area (Å²) in [7, 11) is 0. The molecule has 0 spiro atoms. The number of nitrogens with zero attached hydrogens (tertiary/aromatic N) is 4. The lowest BCUT2D eigenvalue weighted by atomic mass is 10.1.